The maximum atomic E-state index is 6.39. The highest BCUT2D eigenvalue weighted by Crippen LogP contribution is 2.39. The van der Waals surface area contributed by atoms with Crippen molar-refractivity contribution in [2.24, 2.45) is 21.3 Å². The first-order valence-electron chi connectivity index (χ1n) is 12.6. The van der Waals surface area contributed by atoms with Gasteiger partial charge in [-0.1, -0.05) is 39.0 Å². The van der Waals surface area contributed by atoms with Crippen molar-refractivity contribution in [3.8, 4) is 5.75 Å². The van der Waals surface area contributed by atoms with Gasteiger partial charge in [0.2, 0.25) is 0 Å². The zero-order valence-corrected chi connectivity index (χ0v) is 21.2. The van der Waals surface area contributed by atoms with Gasteiger partial charge in [-0.15, -0.1) is 0 Å². The van der Waals surface area contributed by atoms with Gasteiger partial charge in [-0.2, -0.15) is 0 Å². The number of hydrogen-bond acceptors (Lipinski definition) is 5. The van der Waals surface area contributed by atoms with Gasteiger partial charge in [-0.3, -0.25) is 9.89 Å². The van der Waals surface area contributed by atoms with Crippen molar-refractivity contribution in [1.82, 2.24) is 9.80 Å². The second-order valence-electron chi connectivity index (χ2n) is 10.9. The summed E-state index contributed by atoms with van der Waals surface area (Å²) in [5.41, 5.74) is 1.76. The maximum absolute atomic E-state index is 6.39. The highest BCUT2D eigenvalue weighted by molar-refractivity contribution is 5.84. The van der Waals surface area contributed by atoms with E-state index in [0.29, 0.717) is 11.5 Å². The lowest BCUT2D eigenvalue weighted by atomic mass is 9.72. The summed E-state index contributed by atoms with van der Waals surface area (Å²) in [5.74, 6) is 2.62. The van der Waals surface area contributed by atoms with E-state index in [9.17, 15) is 0 Å². The molecular formula is C29H40N4O. The Kier molecular flexibility index (Phi) is 7.72. The van der Waals surface area contributed by atoms with Gasteiger partial charge in [0.15, 0.2) is 0 Å². The third-order valence-electron chi connectivity index (χ3n) is 7.55. The Balaban J connectivity index is 1.32. The van der Waals surface area contributed by atoms with E-state index >= 15 is 0 Å². The molecule has 0 radical (unpaired) electrons. The Morgan fingerprint density at radius 1 is 0.971 bits per heavy atom. The number of aliphatic imine (C=N–C) groups is 2. The van der Waals surface area contributed by atoms with Crippen LogP contribution < -0.4 is 4.74 Å². The van der Waals surface area contributed by atoms with Gasteiger partial charge in [-0.25, -0.2) is 4.99 Å². The molecule has 1 saturated carbocycles. The first-order valence-corrected chi connectivity index (χ1v) is 12.6. The fraction of sp³-hybridized carbons (Fsp3) is 0.517. The van der Waals surface area contributed by atoms with E-state index in [1.165, 1.54) is 29.2 Å². The van der Waals surface area contributed by atoms with Gasteiger partial charge in [0.25, 0.3) is 0 Å². The molecular weight excluding hydrogens is 420 g/mol. The molecule has 0 bridgehead atoms. The van der Waals surface area contributed by atoms with Crippen LogP contribution in [0.1, 0.15) is 52.0 Å². The van der Waals surface area contributed by atoms with Crippen molar-refractivity contribution >= 4 is 24.2 Å². The standard InChI is InChI=1S/C29H40N4O/c1-29(2,3)25-9-12-26(13-10-25)34-27-11-8-23-18-22(6-7-24(23)19-27)21-32-14-16-33(17-15-32)28(31-5)20-30-4/h6-8,11,18-20,25-26H,4-5,9-10,12-17,21H2,1-3H3/b28-20+. The van der Waals surface area contributed by atoms with Crippen LogP contribution in [0.2, 0.25) is 0 Å². The highest BCUT2D eigenvalue weighted by Gasteiger charge is 2.30. The molecule has 34 heavy (non-hydrogen) atoms. The predicted octanol–water partition coefficient (Wildman–Crippen LogP) is 6.14. The summed E-state index contributed by atoms with van der Waals surface area (Å²) in [4.78, 5) is 12.6. The molecule has 1 aliphatic carbocycles. The van der Waals surface area contributed by atoms with Crippen molar-refractivity contribution in [2.45, 2.75) is 59.1 Å². The number of nitrogens with zero attached hydrogens (tertiary/aromatic N) is 4. The van der Waals surface area contributed by atoms with Crippen LogP contribution >= 0.6 is 0 Å². The molecule has 5 nitrogen and oxygen atoms in total. The lowest BCUT2D eigenvalue weighted by Gasteiger charge is -2.37. The predicted molar refractivity (Wildman–Crippen MR) is 144 cm³/mol. The summed E-state index contributed by atoms with van der Waals surface area (Å²) >= 11 is 0. The van der Waals surface area contributed by atoms with Gasteiger partial charge < -0.3 is 9.64 Å². The molecule has 182 valence electrons. The number of hydrogen-bond donors (Lipinski definition) is 0. The quantitative estimate of drug-likeness (QED) is 0.466. The Labute approximate surface area is 205 Å². The van der Waals surface area contributed by atoms with Crippen LogP contribution in [0.15, 0.2) is 58.4 Å². The highest BCUT2D eigenvalue weighted by atomic mass is 16.5. The molecule has 1 aliphatic heterocycles. The molecule has 0 unspecified atom stereocenters. The summed E-state index contributed by atoms with van der Waals surface area (Å²) in [6.45, 7) is 19.1. The lowest BCUT2D eigenvalue weighted by Crippen LogP contribution is -2.45. The van der Waals surface area contributed by atoms with Crippen LogP contribution in [0.3, 0.4) is 0 Å². The van der Waals surface area contributed by atoms with Crippen molar-refractivity contribution in [3.05, 3.63) is 54.0 Å². The second-order valence-corrected chi connectivity index (χ2v) is 10.9. The SMILES string of the molecule is C=N/C=C(\N=C)N1CCN(Cc2ccc3cc(OC4CCC(C(C)(C)C)CC4)ccc3c2)CC1. The van der Waals surface area contributed by atoms with E-state index in [1.807, 2.05) is 0 Å². The minimum atomic E-state index is 0.350. The van der Waals surface area contributed by atoms with Crippen LogP contribution in [0, 0.1) is 11.3 Å². The molecule has 2 fully saturated rings. The molecule has 0 atom stereocenters. The smallest absolute Gasteiger partial charge is 0.146 e. The largest absolute Gasteiger partial charge is 0.490 e. The third-order valence-corrected chi connectivity index (χ3v) is 7.55. The monoisotopic (exact) mass is 460 g/mol. The van der Waals surface area contributed by atoms with Crippen molar-refractivity contribution < 1.29 is 4.74 Å². The molecule has 2 aliphatic rings. The van der Waals surface area contributed by atoms with E-state index in [1.54, 1.807) is 6.20 Å². The topological polar surface area (TPSA) is 40.4 Å². The van der Waals surface area contributed by atoms with Gasteiger partial charge in [0.1, 0.15) is 11.6 Å². The minimum Gasteiger partial charge on any atom is -0.490 e. The van der Waals surface area contributed by atoms with E-state index in [0.717, 1.165) is 63.1 Å². The molecule has 1 heterocycles. The summed E-state index contributed by atoms with van der Waals surface area (Å²) < 4.78 is 6.39. The molecule has 2 aromatic carbocycles. The summed E-state index contributed by atoms with van der Waals surface area (Å²) in [6.07, 6.45) is 6.90. The van der Waals surface area contributed by atoms with Crippen molar-refractivity contribution in [3.63, 3.8) is 0 Å². The average Bonchev–Trinajstić information content (AvgIpc) is 2.83. The Hall–Kier alpha value is -2.66. The fourth-order valence-corrected chi connectivity index (χ4v) is 5.38. The first-order chi connectivity index (χ1) is 16.4. The summed E-state index contributed by atoms with van der Waals surface area (Å²) in [6, 6.07) is 13.4. The van der Waals surface area contributed by atoms with E-state index < -0.39 is 0 Å². The van der Waals surface area contributed by atoms with Crippen LogP contribution in [0.4, 0.5) is 0 Å². The Morgan fingerprint density at radius 2 is 1.65 bits per heavy atom. The molecule has 0 spiro atoms. The molecule has 0 N–H and O–H groups in total. The van der Waals surface area contributed by atoms with Crippen molar-refractivity contribution in [2.75, 3.05) is 26.2 Å². The van der Waals surface area contributed by atoms with Crippen LogP contribution in [0.25, 0.3) is 10.8 Å². The fourth-order valence-electron chi connectivity index (χ4n) is 5.38. The van der Waals surface area contributed by atoms with Gasteiger partial charge in [0, 0.05) is 32.7 Å². The average molecular weight is 461 g/mol. The Morgan fingerprint density at radius 3 is 2.29 bits per heavy atom. The van der Waals surface area contributed by atoms with Crippen LogP contribution in [-0.2, 0) is 6.54 Å². The number of benzene rings is 2. The normalized spacial score (nSPS) is 22.6. The number of fused-ring (bicyclic) bond motifs is 1. The van der Waals surface area contributed by atoms with Gasteiger partial charge in [-0.05, 0) is 85.0 Å². The first kappa shape index (κ1) is 24.5. The number of piperazine rings is 1. The van der Waals surface area contributed by atoms with E-state index in [4.69, 9.17) is 4.74 Å². The van der Waals surface area contributed by atoms with Gasteiger partial charge >= 0.3 is 0 Å². The van der Waals surface area contributed by atoms with E-state index in [-0.39, 0.29) is 0 Å². The minimum absolute atomic E-state index is 0.350. The number of ether oxygens (including phenoxy) is 1. The molecule has 2 aromatic rings. The van der Waals surface area contributed by atoms with Gasteiger partial charge in [0.05, 0.1) is 12.3 Å². The van der Waals surface area contributed by atoms with Crippen LogP contribution in [0.5, 0.6) is 5.75 Å². The van der Waals surface area contributed by atoms with Crippen LogP contribution in [-0.4, -0.2) is 55.5 Å². The molecule has 0 aromatic heterocycles. The zero-order chi connectivity index (χ0) is 24.1. The summed E-state index contributed by atoms with van der Waals surface area (Å²) in [7, 11) is 0. The molecule has 5 heteroatoms. The van der Waals surface area contributed by atoms with Crippen molar-refractivity contribution in [1.29, 1.82) is 0 Å². The number of rotatable bonds is 7. The molecule has 4 rings (SSSR count). The Bertz CT molecular complexity index is 1020. The zero-order valence-electron chi connectivity index (χ0n) is 21.2. The lowest BCUT2D eigenvalue weighted by molar-refractivity contribution is 0.0883. The third kappa shape index (κ3) is 6.06. The molecule has 0 amide bonds. The van der Waals surface area contributed by atoms with E-state index in [2.05, 4.69) is 90.4 Å². The molecule has 1 saturated heterocycles. The second kappa shape index (κ2) is 10.7. The summed E-state index contributed by atoms with van der Waals surface area (Å²) in [5, 5.41) is 2.52. The maximum Gasteiger partial charge on any atom is 0.146 e.